The van der Waals surface area contributed by atoms with Gasteiger partial charge in [0.05, 0.1) is 5.69 Å². The zero-order chi connectivity index (χ0) is 10.7. The number of fused-ring (bicyclic) bond motifs is 1. The lowest BCUT2D eigenvalue weighted by atomic mass is 10.1. The standard InChI is InChI=1S/C12H21N3/c1-9(2)13-8-12-10-6-4-3-5-7-11(10)14-15-12/h9,13H,3-8H2,1-2H3,(H,14,15). The summed E-state index contributed by atoms with van der Waals surface area (Å²) in [6.45, 7) is 5.25. The zero-order valence-electron chi connectivity index (χ0n) is 9.77. The summed E-state index contributed by atoms with van der Waals surface area (Å²) in [6.07, 6.45) is 6.39. The Hall–Kier alpha value is -0.830. The maximum absolute atomic E-state index is 4.42. The molecule has 84 valence electrons. The number of nitrogens with zero attached hydrogens (tertiary/aromatic N) is 1. The fourth-order valence-corrected chi connectivity index (χ4v) is 2.17. The molecule has 3 heteroatoms. The first-order chi connectivity index (χ1) is 7.27. The van der Waals surface area contributed by atoms with Crippen molar-refractivity contribution in [2.24, 2.45) is 0 Å². The van der Waals surface area contributed by atoms with Crippen LogP contribution in [-0.4, -0.2) is 16.2 Å². The zero-order valence-corrected chi connectivity index (χ0v) is 9.77. The molecule has 0 radical (unpaired) electrons. The van der Waals surface area contributed by atoms with Crippen LogP contribution in [0.4, 0.5) is 0 Å². The van der Waals surface area contributed by atoms with Crippen LogP contribution in [0.15, 0.2) is 0 Å². The van der Waals surface area contributed by atoms with E-state index < -0.39 is 0 Å². The summed E-state index contributed by atoms with van der Waals surface area (Å²) in [7, 11) is 0. The predicted molar refractivity (Wildman–Crippen MR) is 61.8 cm³/mol. The minimum absolute atomic E-state index is 0.531. The summed E-state index contributed by atoms with van der Waals surface area (Å²) in [5, 5.41) is 11.1. The smallest absolute Gasteiger partial charge is 0.0794 e. The van der Waals surface area contributed by atoms with Gasteiger partial charge in [0.25, 0.3) is 0 Å². The number of aromatic amines is 1. The summed E-state index contributed by atoms with van der Waals surface area (Å²) in [5.41, 5.74) is 4.11. The van der Waals surface area contributed by atoms with Crippen molar-refractivity contribution in [2.75, 3.05) is 0 Å². The van der Waals surface area contributed by atoms with Crippen molar-refractivity contribution in [3.63, 3.8) is 0 Å². The number of hydrogen-bond acceptors (Lipinski definition) is 2. The number of hydrogen-bond donors (Lipinski definition) is 2. The van der Waals surface area contributed by atoms with Crippen molar-refractivity contribution in [1.29, 1.82) is 0 Å². The molecule has 2 rings (SSSR count). The van der Waals surface area contributed by atoms with Crippen molar-refractivity contribution in [2.45, 2.75) is 58.5 Å². The average Bonchev–Trinajstić information content (AvgIpc) is 2.44. The Morgan fingerprint density at radius 1 is 1.27 bits per heavy atom. The van der Waals surface area contributed by atoms with Crippen LogP contribution in [0.2, 0.25) is 0 Å². The van der Waals surface area contributed by atoms with Crippen LogP contribution in [0.1, 0.15) is 50.1 Å². The molecule has 0 spiro atoms. The average molecular weight is 207 g/mol. The van der Waals surface area contributed by atoms with Crippen LogP contribution in [0.25, 0.3) is 0 Å². The second-order valence-corrected chi connectivity index (χ2v) is 4.72. The van der Waals surface area contributed by atoms with Crippen LogP contribution in [0.3, 0.4) is 0 Å². The van der Waals surface area contributed by atoms with Crippen LogP contribution < -0.4 is 5.32 Å². The van der Waals surface area contributed by atoms with E-state index in [9.17, 15) is 0 Å². The molecule has 0 aromatic carbocycles. The highest BCUT2D eigenvalue weighted by Gasteiger charge is 2.15. The molecular formula is C12H21N3. The molecule has 0 bridgehead atoms. The molecule has 0 amide bonds. The Morgan fingerprint density at radius 3 is 2.87 bits per heavy atom. The van der Waals surface area contributed by atoms with Crippen molar-refractivity contribution in [3.8, 4) is 0 Å². The minimum atomic E-state index is 0.531. The topological polar surface area (TPSA) is 40.7 Å². The summed E-state index contributed by atoms with van der Waals surface area (Å²) in [5.74, 6) is 0. The van der Waals surface area contributed by atoms with E-state index in [1.54, 1.807) is 0 Å². The second-order valence-electron chi connectivity index (χ2n) is 4.72. The van der Waals surface area contributed by atoms with Gasteiger partial charge < -0.3 is 5.32 Å². The third kappa shape index (κ3) is 2.59. The fraction of sp³-hybridized carbons (Fsp3) is 0.750. The first-order valence-corrected chi connectivity index (χ1v) is 6.05. The van der Waals surface area contributed by atoms with Crippen LogP contribution >= 0.6 is 0 Å². The Kier molecular flexibility index (Phi) is 3.41. The van der Waals surface area contributed by atoms with E-state index in [2.05, 4.69) is 29.4 Å². The van der Waals surface area contributed by atoms with E-state index in [0.29, 0.717) is 6.04 Å². The summed E-state index contributed by atoms with van der Waals surface area (Å²) < 4.78 is 0. The molecule has 0 saturated heterocycles. The quantitative estimate of drug-likeness (QED) is 0.746. The van der Waals surface area contributed by atoms with Gasteiger partial charge in [-0.05, 0) is 31.2 Å². The molecule has 2 N–H and O–H groups in total. The molecule has 0 aliphatic heterocycles. The summed E-state index contributed by atoms with van der Waals surface area (Å²) in [4.78, 5) is 0. The lowest BCUT2D eigenvalue weighted by Crippen LogP contribution is -2.22. The summed E-state index contributed by atoms with van der Waals surface area (Å²) >= 11 is 0. The Morgan fingerprint density at radius 2 is 2.07 bits per heavy atom. The van der Waals surface area contributed by atoms with Gasteiger partial charge in [0, 0.05) is 18.3 Å². The van der Waals surface area contributed by atoms with Gasteiger partial charge in [-0.15, -0.1) is 0 Å². The highest BCUT2D eigenvalue weighted by atomic mass is 15.1. The van der Waals surface area contributed by atoms with Crippen molar-refractivity contribution in [1.82, 2.24) is 15.5 Å². The molecule has 0 fully saturated rings. The molecule has 0 unspecified atom stereocenters. The van der Waals surface area contributed by atoms with Crippen LogP contribution in [-0.2, 0) is 19.4 Å². The number of rotatable bonds is 3. The van der Waals surface area contributed by atoms with E-state index in [0.717, 1.165) is 6.54 Å². The Balaban J connectivity index is 2.08. The summed E-state index contributed by atoms with van der Waals surface area (Å²) in [6, 6.07) is 0.531. The Bertz CT molecular complexity index is 315. The van der Waals surface area contributed by atoms with E-state index >= 15 is 0 Å². The monoisotopic (exact) mass is 207 g/mol. The maximum atomic E-state index is 4.42. The largest absolute Gasteiger partial charge is 0.309 e. The molecule has 0 atom stereocenters. The number of nitrogens with one attached hydrogen (secondary N) is 2. The van der Waals surface area contributed by atoms with E-state index in [1.807, 2.05) is 0 Å². The third-order valence-corrected chi connectivity index (χ3v) is 3.07. The Labute approximate surface area is 91.7 Å². The van der Waals surface area contributed by atoms with Gasteiger partial charge in [-0.25, -0.2) is 0 Å². The first kappa shape index (κ1) is 10.7. The SMILES string of the molecule is CC(C)NCc1n[nH]c2c1CCCCC2. The third-order valence-electron chi connectivity index (χ3n) is 3.07. The fourth-order valence-electron chi connectivity index (χ4n) is 2.17. The van der Waals surface area contributed by atoms with E-state index in [-0.39, 0.29) is 0 Å². The van der Waals surface area contributed by atoms with Gasteiger partial charge in [0.2, 0.25) is 0 Å². The van der Waals surface area contributed by atoms with Gasteiger partial charge in [-0.2, -0.15) is 5.10 Å². The van der Waals surface area contributed by atoms with Crippen LogP contribution in [0, 0.1) is 0 Å². The van der Waals surface area contributed by atoms with Crippen molar-refractivity contribution in [3.05, 3.63) is 17.0 Å². The molecule has 3 nitrogen and oxygen atoms in total. The molecule has 1 aromatic rings. The second kappa shape index (κ2) is 4.79. The van der Waals surface area contributed by atoms with Gasteiger partial charge in [-0.1, -0.05) is 20.3 Å². The lowest BCUT2D eigenvalue weighted by Gasteiger charge is -2.07. The molecule has 0 saturated carbocycles. The highest BCUT2D eigenvalue weighted by Crippen LogP contribution is 2.21. The number of aromatic nitrogens is 2. The molecule has 1 aromatic heterocycles. The maximum Gasteiger partial charge on any atom is 0.0794 e. The van der Waals surface area contributed by atoms with Crippen molar-refractivity contribution >= 4 is 0 Å². The van der Waals surface area contributed by atoms with Crippen LogP contribution in [0.5, 0.6) is 0 Å². The molecule has 1 aliphatic carbocycles. The number of H-pyrrole nitrogens is 1. The van der Waals surface area contributed by atoms with E-state index in [4.69, 9.17) is 0 Å². The lowest BCUT2D eigenvalue weighted by molar-refractivity contribution is 0.576. The highest BCUT2D eigenvalue weighted by molar-refractivity contribution is 5.26. The minimum Gasteiger partial charge on any atom is -0.309 e. The molecule has 15 heavy (non-hydrogen) atoms. The predicted octanol–water partition coefficient (Wildman–Crippen LogP) is 2.18. The molecule has 1 heterocycles. The van der Waals surface area contributed by atoms with Gasteiger partial charge in [-0.3, -0.25) is 5.10 Å². The van der Waals surface area contributed by atoms with Gasteiger partial charge in [0.15, 0.2) is 0 Å². The molecular weight excluding hydrogens is 186 g/mol. The number of aryl methyl sites for hydroxylation is 1. The van der Waals surface area contributed by atoms with Gasteiger partial charge in [0.1, 0.15) is 0 Å². The van der Waals surface area contributed by atoms with E-state index in [1.165, 1.54) is 49.1 Å². The first-order valence-electron chi connectivity index (χ1n) is 6.05. The normalized spacial score (nSPS) is 16.5. The molecule has 1 aliphatic rings. The van der Waals surface area contributed by atoms with Gasteiger partial charge >= 0.3 is 0 Å². The van der Waals surface area contributed by atoms with Crippen molar-refractivity contribution < 1.29 is 0 Å².